The third-order valence-corrected chi connectivity index (χ3v) is 3.53. The lowest BCUT2D eigenvalue weighted by Gasteiger charge is -2.09. The quantitative estimate of drug-likeness (QED) is 0.679. The molecule has 23 heavy (non-hydrogen) atoms. The number of nitro groups is 1. The molecule has 2 N–H and O–H groups in total. The normalized spacial score (nSPS) is 12.8. The van der Waals surface area contributed by atoms with Crippen LogP contribution < -0.4 is 10.5 Å². The van der Waals surface area contributed by atoms with E-state index in [1.54, 1.807) is 18.2 Å². The number of nitrogens with zero attached hydrogens (tertiary/aromatic N) is 2. The SMILES string of the molecule is NC(=O)c1cc([N+](=O)[O-])cnc1Oc1ccc2c(c1)CCC2=O. The van der Waals surface area contributed by atoms with Gasteiger partial charge in [0.05, 0.1) is 4.92 Å². The fraction of sp³-hybridized carbons (Fsp3) is 0.133. The second kappa shape index (κ2) is 5.48. The minimum absolute atomic E-state index is 0.0813. The lowest BCUT2D eigenvalue weighted by Crippen LogP contribution is -2.13. The molecule has 1 amide bonds. The van der Waals surface area contributed by atoms with Crippen molar-refractivity contribution < 1.29 is 19.2 Å². The van der Waals surface area contributed by atoms with Crippen molar-refractivity contribution in [3.63, 3.8) is 0 Å². The number of benzene rings is 1. The van der Waals surface area contributed by atoms with Gasteiger partial charge in [-0.2, -0.15) is 0 Å². The van der Waals surface area contributed by atoms with Gasteiger partial charge in [-0.25, -0.2) is 4.98 Å². The zero-order valence-electron chi connectivity index (χ0n) is 11.8. The average Bonchev–Trinajstić information content (AvgIpc) is 2.88. The van der Waals surface area contributed by atoms with Crippen molar-refractivity contribution in [3.05, 3.63) is 57.3 Å². The molecule has 2 aromatic rings. The van der Waals surface area contributed by atoms with Crippen LogP contribution in [0.15, 0.2) is 30.5 Å². The number of fused-ring (bicyclic) bond motifs is 1. The maximum Gasteiger partial charge on any atom is 0.288 e. The summed E-state index contributed by atoms with van der Waals surface area (Å²) in [6, 6.07) is 5.93. The van der Waals surface area contributed by atoms with E-state index in [0.29, 0.717) is 24.2 Å². The van der Waals surface area contributed by atoms with E-state index in [-0.39, 0.29) is 22.9 Å². The summed E-state index contributed by atoms with van der Waals surface area (Å²) in [4.78, 5) is 36.9. The molecule has 0 radical (unpaired) electrons. The van der Waals surface area contributed by atoms with Gasteiger partial charge >= 0.3 is 0 Å². The van der Waals surface area contributed by atoms with E-state index in [9.17, 15) is 19.7 Å². The number of aromatic nitrogens is 1. The van der Waals surface area contributed by atoms with Crippen molar-refractivity contribution in [1.82, 2.24) is 4.98 Å². The molecule has 3 rings (SSSR count). The number of Topliss-reactive ketones (excluding diaryl/α,β-unsaturated/α-hetero) is 1. The zero-order chi connectivity index (χ0) is 16.6. The molecule has 116 valence electrons. The summed E-state index contributed by atoms with van der Waals surface area (Å²) in [5, 5.41) is 10.7. The summed E-state index contributed by atoms with van der Waals surface area (Å²) in [7, 11) is 0. The van der Waals surface area contributed by atoms with Crippen LogP contribution in [-0.2, 0) is 6.42 Å². The summed E-state index contributed by atoms with van der Waals surface area (Å²) < 4.78 is 5.52. The maximum atomic E-state index is 11.6. The number of rotatable bonds is 4. The van der Waals surface area contributed by atoms with Crippen molar-refractivity contribution in [2.45, 2.75) is 12.8 Å². The highest BCUT2D eigenvalue weighted by atomic mass is 16.6. The highest BCUT2D eigenvalue weighted by Gasteiger charge is 2.21. The van der Waals surface area contributed by atoms with Crippen molar-refractivity contribution in [1.29, 1.82) is 0 Å². The molecule has 0 spiro atoms. The van der Waals surface area contributed by atoms with Crippen molar-refractivity contribution in [2.75, 3.05) is 0 Å². The zero-order valence-corrected chi connectivity index (χ0v) is 11.8. The molecule has 0 fully saturated rings. The number of aryl methyl sites for hydroxylation is 1. The van der Waals surface area contributed by atoms with Gasteiger partial charge < -0.3 is 10.5 Å². The Morgan fingerprint density at radius 2 is 2.09 bits per heavy atom. The molecule has 0 saturated heterocycles. The molecule has 1 aromatic carbocycles. The molecule has 1 aliphatic carbocycles. The van der Waals surface area contributed by atoms with Crippen LogP contribution >= 0.6 is 0 Å². The Balaban J connectivity index is 1.95. The predicted octanol–water partition coefficient (Wildman–Crippen LogP) is 2.01. The topological polar surface area (TPSA) is 125 Å². The standard InChI is InChI=1S/C15H11N3O5/c16-14(20)12-6-9(18(21)22)7-17-15(12)23-10-2-3-11-8(5-10)1-4-13(11)19/h2-3,5-7H,1,4H2,(H2,16,20). The van der Waals surface area contributed by atoms with Gasteiger partial charge in [0.25, 0.3) is 11.6 Å². The summed E-state index contributed by atoms with van der Waals surface area (Å²) in [6.45, 7) is 0. The predicted molar refractivity (Wildman–Crippen MR) is 78.6 cm³/mol. The second-order valence-corrected chi connectivity index (χ2v) is 5.01. The molecule has 0 bridgehead atoms. The van der Waals surface area contributed by atoms with E-state index < -0.39 is 10.8 Å². The van der Waals surface area contributed by atoms with Crippen LogP contribution in [0.3, 0.4) is 0 Å². The average molecular weight is 313 g/mol. The molecule has 8 nitrogen and oxygen atoms in total. The number of nitrogens with two attached hydrogens (primary N) is 1. The van der Waals surface area contributed by atoms with Crippen LogP contribution in [0.25, 0.3) is 0 Å². The molecule has 0 saturated carbocycles. The number of ketones is 1. The molecule has 1 aliphatic rings. The van der Waals surface area contributed by atoms with Gasteiger partial charge in [-0.1, -0.05) is 0 Å². The van der Waals surface area contributed by atoms with Gasteiger partial charge in [0.15, 0.2) is 5.78 Å². The number of hydrogen-bond donors (Lipinski definition) is 1. The number of ether oxygens (including phenoxy) is 1. The molecule has 1 heterocycles. The Morgan fingerprint density at radius 1 is 1.30 bits per heavy atom. The molecule has 0 atom stereocenters. The first-order valence-corrected chi connectivity index (χ1v) is 6.74. The van der Waals surface area contributed by atoms with E-state index in [2.05, 4.69) is 4.98 Å². The first-order chi connectivity index (χ1) is 11.0. The molecular formula is C15H11N3O5. The third-order valence-electron chi connectivity index (χ3n) is 3.53. The van der Waals surface area contributed by atoms with E-state index in [1.807, 2.05) is 0 Å². The van der Waals surface area contributed by atoms with Crippen molar-refractivity contribution in [2.24, 2.45) is 5.73 Å². The highest BCUT2D eigenvalue weighted by molar-refractivity contribution is 6.00. The van der Waals surface area contributed by atoms with Gasteiger partial charge in [0.1, 0.15) is 17.5 Å². The van der Waals surface area contributed by atoms with Crippen molar-refractivity contribution in [3.8, 4) is 11.6 Å². The Hall–Kier alpha value is -3.29. The molecule has 8 heteroatoms. The Labute approximate surface area is 130 Å². The number of primary amides is 1. The molecule has 0 aliphatic heterocycles. The number of pyridine rings is 1. The second-order valence-electron chi connectivity index (χ2n) is 5.01. The van der Waals surface area contributed by atoms with Crippen LogP contribution in [0.4, 0.5) is 5.69 Å². The van der Waals surface area contributed by atoms with E-state index in [0.717, 1.165) is 17.8 Å². The first-order valence-electron chi connectivity index (χ1n) is 6.74. The van der Waals surface area contributed by atoms with Crippen molar-refractivity contribution >= 4 is 17.4 Å². The van der Waals surface area contributed by atoms with Crippen LogP contribution in [-0.4, -0.2) is 21.6 Å². The van der Waals surface area contributed by atoms with E-state index >= 15 is 0 Å². The Morgan fingerprint density at radius 3 is 2.78 bits per heavy atom. The minimum Gasteiger partial charge on any atom is -0.438 e. The van der Waals surface area contributed by atoms with Gasteiger partial charge in [-0.3, -0.25) is 19.7 Å². The summed E-state index contributed by atoms with van der Waals surface area (Å²) >= 11 is 0. The van der Waals surface area contributed by atoms with Gasteiger partial charge in [0.2, 0.25) is 5.88 Å². The third kappa shape index (κ3) is 2.73. The Kier molecular flexibility index (Phi) is 3.49. The van der Waals surface area contributed by atoms with Crippen LogP contribution in [0, 0.1) is 10.1 Å². The monoisotopic (exact) mass is 313 g/mol. The minimum atomic E-state index is -0.882. The lowest BCUT2D eigenvalue weighted by atomic mass is 10.1. The van der Waals surface area contributed by atoms with Crippen LogP contribution in [0.5, 0.6) is 11.6 Å². The first kappa shape index (κ1) is 14.6. The maximum absolute atomic E-state index is 11.6. The smallest absolute Gasteiger partial charge is 0.288 e. The van der Waals surface area contributed by atoms with E-state index in [4.69, 9.17) is 10.5 Å². The number of amides is 1. The largest absolute Gasteiger partial charge is 0.438 e. The van der Waals surface area contributed by atoms with Gasteiger partial charge in [-0.05, 0) is 30.2 Å². The highest BCUT2D eigenvalue weighted by Crippen LogP contribution is 2.30. The van der Waals surface area contributed by atoms with E-state index in [1.165, 1.54) is 0 Å². The fourth-order valence-electron chi connectivity index (χ4n) is 2.41. The Bertz CT molecular complexity index is 847. The fourth-order valence-corrected chi connectivity index (χ4v) is 2.41. The number of hydrogen-bond acceptors (Lipinski definition) is 6. The summed E-state index contributed by atoms with van der Waals surface area (Å²) in [5.74, 6) is -0.542. The lowest BCUT2D eigenvalue weighted by molar-refractivity contribution is -0.385. The molecule has 0 unspecified atom stereocenters. The van der Waals surface area contributed by atoms with Gasteiger partial charge in [-0.15, -0.1) is 0 Å². The molecule has 1 aromatic heterocycles. The van der Waals surface area contributed by atoms with Crippen LogP contribution in [0.2, 0.25) is 0 Å². The summed E-state index contributed by atoms with van der Waals surface area (Å²) in [5.41, 5.74) is 6.19. The molecular weight excluding hydrogens is 302 g/mol. The number of carbonyl (C=O) groups excluding carboxylic acids is 2. The van der Waals surface area contributed by atoms with Crippen LogP contribution in [0.1, 0.15) is 32.7 Å². The summed E-state index contributed by atoms with van der Waals surface area (Å²) in [6.07, 6.45) is 2.07. The number of carbonyl (C=O) groups is 2. The van der Waals surface area contributed by atoms with Gasteiger partial charge in [0, 0.05) is 18.1 Å².